The highest BCUT2D eigenvalue weighted by Gasteiger charge is 2.51. The molecule has 1 amide bonds. The van der Waals surface area contributed by atoms with Gasteiger partial charge in [0.2, 0.25) is 5.91 Å². The van der Waals surface area contributed by atoms with Crippen molar-refractivity contribution in [3.8, 4) is 0 Å². The third kappa shape index (κ3) is 2.76. The Morgan fingerprint density at radius 1 is 0.810 bits per heavy atom. The highest BCUT2D eigenvalue weighted by molar-refractivity contribution is 5.87. The summed E-state index contributed by atoms with van der Waals surface area (Å²) in [6.07, 6.45) is 5.49. The number of carboxylic acid groups (broad SMARTS) is 2. The molecule has 4 aliphatic carbocycles. The molecule has 116 valence electrons. The van der Waals surface area contributed by atoms with Gasteiger partial charge in [0, 0.05) is 5.92 Å². The minimum atomic E-state index is -1.16. The van der Waals surface area contributed by atoms with Crippen molar-refractivity contribution in [3.63, 3.8) is 0 Å². The molecule has 0 unspecified atom stereocenters. The van der Waals surface area contributed by atoms with E-state index >= 15 is 0 Å². The third-order valence-corrected chi connectivity index (χ3v) is 5.48. The molecule has 4 rings (SSSR count). The Kier molecular flexibility index (Phi) is 3.63. The lowest BCUT2D eigenvalue weighted by Gasteiger charge is -2.54. The second-order valence-electron chi connectivity index (χ2n) is 6.94. The lowest BCUT2D eigenvalue weighted by Crippen LogP contribution is -2.53. The number of carboxylic acids is 2. The fraction of sp³-hybridized carbons (Fsp3) is 0.800. The van der Waals surface area contributed by atoms with Crippen molar-refractivity contribution >= 4 is 17.8 Å². The van der Waals surface area contributed by atoms with Crippen molar-refractivity contribution in [2.45, 2.75) is 32.1 Å². The van der Waals surface area contributed by atoms with Gasteiger partial charge in [-0.05, 0) is 55.8 Å². The molecule has 4 saturated carbocycles. The van der Waals surface area contributed by atoms with Gasteiger partial charge in [-0.2, -0.15) is 0 Å². The smallest absolute Gasteiger partial charge is 0.323 e. The third-order valence-electron chi connectivity index (χ3n) is 5.48. The van der Waals surface area contributed by atoms with Crippen LogP contribution < -0.4 is 0 Å². The average Bonchev–Trinajstić information content (AvgIpc) is 2.35. The average molecular weight is 295 g/mol. The summed E-state index contributed by atoms with van der Waals surface area (Å²) in [5.41, 5.74) is 0. The van der Waals surface area contributed by atoms with Gasteiger partial charge in [-0.3, -0.25) is 14.4 Å². The number of aliphatic carboxylic acids is 2. The van der Waals surface area contributed by atoms with E-state index in [1.807, 2.05) is 0 Å². The normalized spacial score (nSPS) is 36.5. The van der Waals surface area contributed by atoms with Crippen LogP contribution in [0.1, 0.15) is 32.1 Å². The minimum Gasteiger partial charge on any atom is -0.480 e. The molecule has 6 nitrogen and oxygen atoms in total. The molecule has 4 fully saturated rings. The van der Waals surface area contributed by atoms with Crippen LogP contribution in [0.15, 0.2) is 0 Å². The van der Waals surface area contributed by atoms with Gasteiger partial charge < -0.3 is 15.1 Å². The van der Waals surface area contributed by atoms with E-state index in [9.17, 15) is 14.4 Å². The van der Waals surface area contributed by atoms with Crippen molar-refractivity contribution in [1.82, 2.24) is 4.90 Å². The van der Waals surface area contributed by atoms with Crippen molar-refractivity contribution in [1.29, 1.82) is 0 Å². The number of carbonyl (C=O) groups excluding carboxylic acids is 1. The van der Waals surface area contributed by atoms with Crippen molar-refractivity contribution < 1.29 is 24.6 Å². The second kappa shape index (κ2) is 5.31. The summed E-state index contributed by atoms with van der Waals surface area (Å²) in [4.78, 5) is 35.5. The number of hydrogen-bond donors (Lipinski definition) is 2. The Morgan fingerprint density at radius 3 is 1.62 bits per heavy atom. The van der Waals surface area contributed by atoms with Crippen LogP contribution in [0.2, 0.25) is 0 Å². The summed E-state index contributed by atoms with van der Waals surface area (Å²) in [6.45, 7) is -1.04. The molecule has 0 aromatic heterocycles. The fourth-order valence-electron chi connectivity index (χ4n) is 5.08. The van der Waals surface area contributed by atoms with Crippen molar-refractivity contribution in [2.75, 3.05) is 13.1 Å². The van der Waals surface area contributed by atoms with Gasteiger partial charge in [-0.15, -0.1) is 0 Å². The Labute approximate surface area is 123 Å². The first-order valence-corrected chi connectivity index (χ1v) is 7.66. The molecule has 6 heteroatoms. The number of hydrogen-bond acceptors (Lipinski definition) is 3. The summed E-state index contributed by atoms with van der Waals surface area (Å²) in [6, 6.07) is 0. The first-order valence-electron chi connectivity index (χ1n) is 7.66. The number of carbonyl (C=O) groups is 3. The fourth-order valence-corrected chi connectivity index (χ4v) is 5.08. The van der Waals surface area contributed by atoms with Gasteiger partial charge in [0.05, 0.1) is 0 Å². The highest BCUT2D eigenvalue weighted by Crippen LogP contribution is 2.56. The van der Waals surface area contributed by atoms with Crippen LogP contribution in [-0.2, 0) is 14.4 Å². The lowest BCUT2D eigenvalue weighted by molar-refractivity contribution is -0.158. The van der Waals surface area contributed by atoms with Crippen molar-refractivity contribution in [2.24, 2.45) is 29.6 Å². The maximum Gasteiger partial charge on any atom is 0.323 e. The van der Waals surface area contributed by atoms with Gasteiger partial charge >= 0.3 is 11.9 Å². The predicted octanol–water partition coefficient (Wildman–Crippen LogP) is 1.06. The first kappa shape index (κ1) is 14.4. The van der Waals surface area contributed by atoms with E-state index in [1.165, 1.54) is 6.42 Å². The highest BCUT2D eigenvalue weighted by atomic mass is 16.4. The largest absolute Gasteiger partial charge is 0.480 e. The van der Waals surface area contributed by atoms with Crippen LogP contribution in [0, 0.1) is 29.6 Å². The molecule has 0 heterocycles. The second-order valence-corrected chi connectivity index (χ2v) is 6.94. The quantitative estimate of drug-likeness (QED) is 0.790. The van der Waals surface area contributed by atoms with E-state index in [0.29, 0.717) is 11.8 Å². The van der Waals surface area contributed by atoms with E-state index in [0.717, 1.165) is 42.4 Å². The number of amides is 1. The molecular weight excluding hydrogens is 274 g/mol. The molecule has 0 atom stereocenters. The molecule has 21 heavy (non-hydrogen) atoms. The van der Waals surface area contributed by atoms with Crippen LogP contribution in [0.3, 0.4) is 0 Å². The Morgan fingerprint density at radius 2 is 1.24 bits per heavy atom. The molecule has 0 spiro atoms. The van der Waals surface area contributed by atoms with Gasteiger partial charge in [0.1, 0.15) is 13.1 Å². The minimum absolute atomic E-state index is 0.156. The maximum atomic E-state index is 12.7. The van der Waals surface area contributed by atoms with Gasteiger partial charge in [0.25, 0.3) is 0 Å². The van der Waals surface area contributed by atoms with E-state index in [4.69, 9.17) is 10.2 Å². The molecule has 0 aromatic carbocycles. The van der Waals surface area contributed by atoms with Crippen LogP contribution >= 0.6 is 0 Å². The summed E-state index contributed by atoms with van der Waals surface area (Å²) < 4.78 is 0. The lowest BCUT2D eigenvalue weighted by atomic mass is 9.51. The van der Waals surface area contributed by atoms with Gasteiger partial charge in [0.15, 0.2) is 0 Å². The first-order chi connectivity index (χ1) is 9.94. The zero-order valence-corrected chi connectivity index (χ0v) is 11.9. The van der Waals surface area contributed by atoms with Crippen LogP contribution in [0.4, 0.5) is 0 Å². The zero-order valence-electron chi connectivity index (χ0n) is 11.9. The SMILES string of the molecule is O=C(O)CN(CC(=O)O)C(=O)C1C2CC3CC(C2)CC1C3. The van der Waals surface area contributed by atoms with Gasteiger partial charge in [-0.1, -0.05) is 0 Å². The van der Waals surface area contributed by atoms with E-state index < -0.39 is 25.0 Å². The van der Waals surface area contributed by atoms with E-state index in [2.05, 4.69) is 0 Å². The molecule has 0 aliphatic heterocycles. The van der Waals surface area contributed by atoms with Crippen LogP contribution in [-0.4, -0.2) is 46.0 Å². The molecule has 0 radical (unpaired) electrons. The molecular formula is C15H21NO5. The maximum absolute atomic E-state index is 12.7. The number of rotatable bonds is 5. The molecule has 4 aliphatic rings. The monoisotopic (exact) mass is 295 g/mol. The Bertz CT molecular complexity index is 431. The van der Waals surface area contributed by atoms with Crippen LogP contribution in [0.5, 0.6) is 0 Å². The Hall–Kier alpha value is -1.59. The molecule has 4 bridgehead atoms. The van der Waals surface area contributed by atoms with Crippen molar-refractivity contribution in [3.05, 3.63) is 0 Å². The Balaban J connectivity index is 1.76. The van der Waals surface area contributed by atoms with E-state index in [1.54, 1.807) is 0 Å². The predicted molar refractivity (Wildman–Crippen MR) is 72.4 cm³/mol. The van der Waals surface area contributed by atoms with E-state index in [-0.39, 0.29) is 11.8 Å². The topological polar surface area (TPSA) is 94.9 Å². The summed E-state index contributed by atoms with van der Waals surface area (Å²) in [5.74, 6) is -0.613. The number of nitrogens with zero attached hydrogens (tertiary/aromatic N) is 1. The molecule has 2 N–H and O–H groups in total. The zero-order chi connectivity index (χ0) is 15.1. The molecule has 0 saturated heterocycles. The summed E-state index contributed by atoms with van der Waals surface area (Å²) >= 11 is 0. The summed E-state index contributed by atoms with van der Waals surface area (Å²) in [5, 5.41) is 17.8. The molecule has 0 aromatic rings. The summed E-state index contributed by atoms with van der Waals surface area (Å²) in [7, 11) is 0. The van der Waals surface area contributed by atoms with Crippen LogP contribution in [0.25, 0.3) is 0 Å². The standard InChI is InChI=1S/C15H21NO5/c17-12(18)6-16(7-13(19)20)15(21)14-10-2-8-1-9(4-10)5-11(14)3-8/h8-11,14H,1-7H2,(H,17,18)(H,19,20). The van der Waals surface area contributed by atoms with Gasteiger partial charge in [-0.25, -0.2) is 0 Å².